The largest absolute Gasteiger partial charge is 0.453 e. The van der Waals surface area contributed by atoms with E-state index in [1.54, 1.807) is 18.0 Å². The number of halogens is 2. The van der Waals surface area contributed by atoms with Gasteiger partial charge in [0.15, 0.2) is 0 Å². The van der Waals surface area contributed by atoms with Crippen molar-refractivity contribution in [2.45, 2.75) is 69.6 Å². The van der Waals surface area contributed by atoms with Crippen LogP contribution in [0.3, 0.4) is 0 Å². The summed E-state index contributed by atoms with van der Waals surface area (Å²) in [5.41, 5.74) is 0. The summed E-state index contributed by atoms with van der Waals surface area (Å²) in [7, 11) is 2.75. The van der Waals surface area contributed by atoms with Crippen molar-refractivity contribution >= 4 is 43.9 Å². The van der Waals surface area contributed by atoms with Gasteiger partial charge in [0.1, 0.15) is 26.9 Å². The third-order valence-corrected chi connectivity index (χ3v) is 7.09. The first-order chi connectivity index (χ1) is 16.3. The molecule has 3 atom stereocenters. The normalized spacial score (nSPS) is 19.9. The van der Waals surface area contributed by atoms with Crippen LogP contribution in [-0.2, 0) is 14.3 Å². The molecule has 2 aromatic heterocycles. The monoisotopic (exact) mass is 602 g/mol. The van der Waals surface area contributed by atoms with Crippen molar-refractivity contribution in [3.63, 3.8) is 0 Å². The summed E-state index contributed by atoms with van der Waals surface area (Å²) < 4.78 is 11.6. The minimum Gasteiger partial charge on any atom is -0.453 e. The number of carbonyl (C=O) groups excluding carboxylic acids is 2. The first-order valence-corrected chi connectivity index (χ1v) is 13.0. The number of amides is 2. The third-order valence-electron chi connectivity index (χ3n) is 6.29. The lowest BCUT2D eigenvalue weighted by atomic mass is 10.1. The Hall–Kier alpha value is -1.92. The van der Waals surface area contributed by atoms with Crippen LogP contribution in [0.2, 0.25) is 0 Å². The van der Waals surface area contributed by atoms with Crippen LogP contribution in [0.4, 0.5) is 4.79 Å². The molecule has 1 saturated carbocycles. The average Bonchev–Trinajstić information content (AvgIpc) is 3.63. The topological polar surface area (TPSA) is 125 Å². The number of methoxy groups -OCH3 is 2. The Morgan fingerprint density at radius 2 is 1.68 bits per heavy atom. The lowest BCUT2D eigenvalue weighted by molar-refractivity contribution is -0.137. The number of hydrogen-bond donors (Lipinski definition) is 3. The van der Waals surface area contributed by atoms with Gasteiger partial charge in [0.05, 0.1) is 31.6 Å². The number of rotatable bonds is 6. The van der Waals surface area contributed by atoms with Crippen LogP contribution in [0.1, 0.15) is 69.1 Å². The summed E-state index contributed by atoms with van der Waals surface area (Å²) in [6.45, 7) is 2.34. The first-order valence-electron chi connectivity index (χ1n) is 11.4. The summed E-state index contributed by atoms with van der Waals surface area (Å²) >= 11 is 6.69. The number of aromatic amines is 2. The quantitative estimate of drug-likeness (QED) is 0.449. The SMILES string of the molecule is Brc1cnc(C2CCCC2)[nH]1.COC(=O)N[C@H](C(=O)N1CCC[C@H]1c1ncc(Br)[nH]1)[C@@H](C)OC. The molecule has 0 bridgehead atoms. The second-order valence-electron chi connectivity index (χ2n) is 8.46. The highest BCUT2D eigenvalue weighted by Crippen LogP contribution is 2.33. The van der Waals surface area contributed by atoms with E-state index >= 15 is 0 Å². The molecule has 2 aromatic rings. The Morgan fingerprint density at radius 1 is 1.06 bits per heavy atom. The second kappa shape index (κ2) is 12.7. The van der Waals surface area contributed by atoms with Crippen molar-refractivity contribution in [2.75, 3.05) is 20.8 Å². The van der Waals surface area contributed by atoms with Gasteiger partial charge >= 0.3 is 6.09 Å². The molecule has 10 nitrogen and oxygen atoms in total. The lowest BCUT2D eigenvalue weighted by Gasteiger charge is -2.30. The molecule has 0 radical (unpaired) electrons. The molecule has 34 heavy (non-hydrogen) atoms. The van der Waals surface area contributed by atoms with Crippen molar-refractivity contribution in [1.82, 2.24) is 30.2 Å². The zero-order chi connectivity index (χ0) is 24.7. The fourth-order valence-corrected chi connectivity index (χ4v) is 5.01. The summed E-state index contributed by atoms with van der Waals surface area (Å²) in [6.07, 6.45) is 9.39. The average molecular weight is 604 g/mol. The molecule has 1 aliphatic carbocycles. The lowest BCUT2D eigenvalue weighted by Crippen LogP contribution is -2.54. The Balaban J connectivity index is 0.000000243. The number of ether oxygens (including phenoxy) is 2. The third kappa shape index (κ3) is 6.82. The van der Waals surface area contributed by atoms with Crippen LogP contribution in [0.5, 0.6) is 0 Å². The number of likely N-dealkylation sites (tertiary alicyclic amines) is 1. The molecule has 1 aliphatic heterocycles. The van der Waals surface area contributed by atoms with Gasteiger partial charge in [-0.2, -0.15) is 0 Å². The van der Waals surface area contributed by atoms with Gasteiger partial charge in [0.2, 0.25) is 5.91 Å². The van der Waals surface area contributed by atoms with Gasteiger partial charge in [-0.05, 0) is 64.5 Å². The molecule has 3 N–H and O–H groups in total. The molecule has 4 rings (SSSR count). The van der Waals surface area contributed by atoms with E-state index in [0.717, 1.165) is 33.7 Å². The summed E-state index contributed by atoms with van der Waals surface area (Å²) in [5.74, 6) is 2.38. The number of nitrogens with zero attached hydrogens (tertiary/aromatic N) is 3. The van der Waals surface area contributed by atoms with E-state index in [0.29, 0.717) is 12.5 Å². The fourth-order valence-electron chi connectivity index (χ4n) is 4.40. The highest BCUT2D eigenvalue weighted by Gasteiger charge is 2.38. The molecule has 12 heteroatoms. The summed E-state index contributed by atoms with van der Waals surface area (Å²) in [5, 5.41) is 2.55. The van der Waals surface area contributed by atoms with E-state index in [4.69, 9.17) is 4.74 Å². The van der Waals surface area contributed by atoms with Crippen LogP contribution < -0.4 is 5.32 Å². The smallest absolute Gasteiger partial charge is 0.407 e. The van der Waals surface area contributed by atoms with E-state index < -0.39 is 18.2 Å². The minimum absolute atomic E-state index is 0.139. The van der Waals surface area contributed by atoms with E-state index in [1.165, 1.54) is 39.9 Å². The van der Waals surface area contributed by atoms with E-state index in [1.807, 2.05) is 6.20 Å². The van der Waals surface area contributed by atoms with Gasteiger partial charge in [0, 0.05) is 19.6 Å². The van der Waals surface area contributed by atoms with Crippen LogP contribution in [-0.4, -0.2) is 69.7 Å². The van der Waals surface area contributed by atoms with Crippen LogP contribution >= 0.6 is 31.9 Å². The number of H-pyrrole nitrogens is 2. The maximum absolute atomic E-state index is 12.9. The molecule has 0 spiro atoms. The zero-order valence-electron chi connectivity index (χ0n) is 19.6. The fraction of sp³-hybridized carbons (Fsp3) is 0.636. The van der Waals surface area contributed by atoms with Crippen LogP contribution in [0, 0.1) is 0 Å². The van der Waals surface area contributed by atoms with Crippen molar-refractivity contribution in [2.24, 2.45) is 0 Å². The van der Waals surface area contributed by atoms with Crippen LogP contribution in [0.25, 0.3) is 0 Å². The van der Waals surface area contributed by atoms with Crippen molar-refractivity contribution in [3.05, 3.63) is 33.2 Å². The molecule has 0 aromatic carbocycles. The molecular weight excluding hydrogens is 572 g/mol. The van der Waals surface area contributed by atoms with E-state index in [9.17, 15) is 9.59 Å². The predicted octanol–water partition coefficient (Wildman–Crippen LogP) is 4.43. The number of imidazole rings is 2. The molecule has 0 unspecified atom stereocenters. The predicted molar refractivity (Wildman–Crippen MR) is 133 cm³/mol. The summed E-state index contributed by atoms with van der Waals surface area (Å²) in [6, 6.07) is -0.953. The highest BCUT2D eigenvalue weighted by molar-refractivity contribution is 9.10. The molecule has 3 heterocycles. The Labute approximate surface area is 216 Å². The Kier molecular flexibility index (Phi) is 9.96. The molecule has 2 fully saturated rings. The number of carbonyl (C=O) groups is 2. The van der Waals surface area contributed by atoms with E-state index in [2.05, 4.69) is 61.8 Å². The molecule has 2 aliphatic rings. The number of aromatic nitrogens is 4. The van der Waals surface area contributed by atoms with Crippen molar-refractivity contribution in [3.8, 4) is 0 Å². The number of alkyl carbamates (subject to hydrolysis) is 1. The highest BCUT2D eigenvalue weighted by atomic mass is 79.9. The molecular formula is C22H32Br2N6O4. The van der Waals surface area contributed by atoms with Gasteiger partial charge < -0.3 is 29.7 Å². The Morgan fingerprint density at radius 3 is 2.21 bits per heavy atom. The first kappa shape index (κ1) is 26.7. The van der Waals surface area contributed by atoms with Gasteiger partial charge in [-0.15, -0.1) is 0 Å². The summed E-state index contributed by atoms with van der Waals surface area (Å²) in [4.78, 5) is 41.1. The zero-order valence-corrected chi connectivity index (χ0v) is 22.8. The van der Waals surface area contributed by atoms with Crippen molar-refractivity contribution in [1.29, 1.82) is 0 Å². The second-order valence-corrected chi connectivity index (χ2v) is 10.2. The van der Waals surface area contributed by atoms with Crippen LogP contribution in [0.15, 0.2) is 21.6 Å². The van der Waals surface area contributed by atoms with Gasteiger partial charge in [-0.25, -0.2) is 14.8 Å². The van der Waals surface area contributed by atoms with Gasteiger partial charge in [-0.1, -0.05) is 12.8 Å². The van der Waals surface area contributed by atoms with Gasteiger partial charge in [-0.3, -0.25) is 4.79 Å². The Bertz CT molecular complexity index is 945. The number of nitrogens with one attached hydrogen (secondary N) is 3. The maximum atomic E-state index is 12.9. The molecule has 2 amide bonds. The van der Waals surface area contributed by atoms with Crippen molar-refractivity contribution < 1.29 is 19.1 Å². The molecule has 188 valence electrons. The van der Waals surface area contributed by atoms with Gasteiger partial charge in [0.25, 0.3) is 0 Å². The number of hydrogen-bond acceptors (Lipinski definition) is 6. The molecule has 1 saturated heterocycles. The maximum Gasteiger partial charge on any atom is 0.407 e. The van der Waals surface area contributed by atoms with E-state index in [-0.39, 0.29) is 11.9 Å². The minimum atomic E-state index is -0.813. The standard InChI is InChI=1S/C14H21BrN4O4.C8H11BrN2/c1-8(22-2)11(18-14(21)23-3)13(20)19-6-4-5-9(19)12-16-7-10(15)17-12;9-7-5-10-8(11-7)6-3-1-2-4-6/h7-9,11H,4-6H2,1-3H3,(H,16,17)(H,18,21);5-6H,1-4H2,(H,10,11)/t8-,9+,11+;/m1./s1.